The van der Waals surface area contributed by atoms with Gasteiger partial charge in [-0.1, -0.05) is 20.3 Å². The van der Waals surface area contributed by atoms with Crippen LogP contribution in [0.5, 0.6) is 0 Å². The lowest BCUT2D eigenvalue weighted by Crippen LogP contribution is -2.42. The predicted molar refractivity (Wildman–Crippen MR) is 92.3 cm³/mol. The molecular weight excluding hydrogens is 309 g/mol. The van der Waals surface area contributed by atoms with Gasteiger partial charge in [-0.15, -0.1) is 24.8 Å². The van der Waals surface area contributed by atoms with Crippen molar-refractivity contribution in [3.8, 4) is 0 Å². The summed E-state index contributed by atoms with van der Waals surface area (Å²) in [6.45, 7) is 8.43. The second-order valence-corrected chi connectivity index (χ2v) is 6.07. The van der Waals surface area contributed by atoms with Crippen LogP contribution in [0.4, 0.5) is 0 Å². The van der Waals surface area contributed by atoms with Gasteiger partial charge in [0.25, 0.3) is 0 Å². The number of nitrogens with two attached hydrogens (primary N) is 1. The van der Waals surface area contributed by atoms with Crippen LogP contribution in [0.15, 0.2) is 0 Å². The molecule has 0 aromatic rings. The molecular formula is C15H31Cl2N3O. The monoisotopic (exact) mass is 339 g/mol. The van der Waals surface area contributed by atoms with Crippen LogP contribution in [0.1, 0.15) is 46.0 Å². The fourth-order valence-corrected chi connectivity index (χ4v) is 3.69. The van der Waals surface area contributed by atoms with Crippen molar-refractivity contribution in [1.82, 2.24) is 9.80 Å². The van der Waals surface area contributed by atoms with E-state index < -0.39 is 0 Å². The average Bonchev–Trinajstić information content (AvgIpc) is 2.89. The number of carbonyl (C=O) groups excluding carboxylic acids is 1. The summed E-state index contributed by atoms with van der Waals surface area (Å²) in [6, 6.07) is 0.806. The second-order valence-electron chi connectivity index (χ2n) is 6.07. The minimum Gasteiger partial charge on any atom is -0.341 e. The molecule has 3 unspecified atom stereocenters. The van der Waals surface area contributed by atoms with Crippen LogP contribution in [-0.4, -0.2) is 54.0 Å². The fraction of sp³-hybridized carbons (Fsp3) is 0.933. The van der Waals surface area contributed by atoms with E-state index in [1.54, 1.807) is 0 Å². The Morgan fingerprint density at radius 1 is 1.19 bits per heavy atom. The lowest BCUT2D eigenvalue weighted by molar-refractivity contribution is -0.135. The van der Waals surface area contributed by atoms with E-state index in [2.05, 4.69) is 23.6 Å². The first kappa shape index (κ1) is 21.0. The summed E-state index contributed by atoms with van der Waals surface area (Å²) < 4.78 is 0. The Morgan fingerprint density at radius 3 is 2.43 bits per heavy atom. The zero-order valence-corrected chi connectivity index (χ0v) is 14.9. The Kier molecular flexibility index (Phi) is 9.87. The normalized spacial score (nSPS) is 29.0. The molecule has 0 spiro atoms. The third-order valence-electron chi connectivity index (χ3n) is 4.87. The first-order chi connectivity index (χ1) is 9.15. The van der Waals surface area contributed by atoms with E-state index in [1.807, 2.05) is 0 Å². The molecule has 21 heavy (non-hydrogen) atoms. The zero-order chi connectivity index (χ0) is 13.8. The van der Waals surface area contributed by atoms with Crippen LogP contribution >= 0.6 is 24.8 Å². The molecule has 1 amide bonds. The van der Waals surface area contributed by atoms with Gasteiger partial charge in [-0.3, -0.25) is 9.69 Å². The lowest BCUT2D eigenvalue weighted by Gasteiger charge is -2.30. The molecule has 1 aliphatic carbocycles. The number of nitrogens with zero attached hydrogens (tertiary/aromatic N) is 2. The van der Waals surface area contributed by atoms with E-state index >= 15 is 0 Å². The molecule has 2 fully saturated rings. The van der Waals surface area contributed by atoms with E-state index in [-0.39, 0.29) is 36.8 Å². The highest BCUT2D eigenvalue weighted by Crippen LogP contribution is 2.27. The third kappa shape index (κ3) is 5.27. The van der Waals surface area contributed by atoms with E-state index in [9.17, 15) is 4.79 Å². The molecule has 6 heteroatoms. The minimum atomic E-state index is 0. The van der Waals surface area contributed by atoms with Crippen molar-refractivity contribution in [2.45, 2.75) is 58.0 Å². The summed E-state index contributed by atoms with van der Waals surface area (Å²) in [5.41, 5.74) is 6.00. The van der Waals surface area contributed by atoms with Crippen molar-refractivity contribution in [3.05, 3.63) is 0 Å². The summed E-state index contributed by atoms with van der Waals surface area (Å²) in [5, 5.41) is 0. The number of hydrogen-bond acceptors (Lipinski definition) is 3. The number of hydrogen-bond donors (Lipinski definition) is 1. The maximum Gasteiger partial charge on any atom is 0.225 e. The van der Waals surface area contributed by atoms with Crippen molar-refractivity contribution in [2.24, 2.45) is 11.7 Å². The quantitative estimate of drug-likeness (QED) is 0.854. The van der Waals surface area contributed by atoms with Gasteiger partial charge in [-0.05, 0) is 38.8 Å². The van der Waals surface area contributed by atoms with Crippen molar-refractivity contribution < 1.29 is 4.79 Å². The fourth-order valence-electron chi connectivity index (χ4n) is 3.69. The molecule has 1 heterocycles. The van der Waals surface area contributed by atoms with Crippen LogP contribution < -0.4 is 5.73 Å². The number of amides is 1. The second kappa shape index (κ2) is 9.88. The van der Waals surface area contributed by atoms with Gasteiger partial charge in [0.1, 0.15) is 0 Å². The summed E-state index contributed by atoms with van der Waals surface area (Å²) in [6.07, 6.45) is 5.27. The maximum absolute atomic E-state index is 12.5. The summed E-state index contributed by atoms with van der Waals surface area (Å²) in [5.74, 6) is 0.559. The van der Waals surface area contributed by atoms with Crippen molar-refractivity contribution in [2.75, 3.05) is 26.2 Å². The van der Waals surface area contributed by atoms with Gasteiger partial charge in [0.05, 0.1) is 0 Å². The smallest absolute Gasteiger partial charge is 0.225 e. The van der Waals surface area contributed by atoms with Gasteiger partial charge < -0.3 is 10.6 Å². The number of halogens is 2. The molecule has 1 saturated heterocycles. The van der Waals surface area contributed by atoms with Crippen LogP contribution in [0.3, 0.4) is 0 Å². The van der Waals surface area contributed by atoms with Crippen molar-refractivity contribution in [1.29, 1.82) is 0 Å². The molecule has 0 aromatic carbocycles. The molecule has 0 radical (unpaired) electrons. The van der Waals surface area contributed by atoms with Gasteiger partial charge in [0.2, 0.25) is 5.91 Å². The lowest BCUT2D eigenvalue weighted by atomic mass is 9.85. The van der Waals surface area contributed by atoms with Gasteiger partial charge in [0.15, 0.2) is 0 Å². The van der Waals surface area contributed by atoms with E-state index in [1.165, 1.54) is 0 Å². The highest BCUT2D eigenvalue weighted by atomic mass is 35.5. The maximum atomic E-state index is 12.5. The highest BCUT2D eigenvalue weighted by molar-refractivity contribution is 5.85. The van der Waals surface area contributed by atoms with E-state index in [4.69, 9.17) is 5.73 Å². The third-order valence-corrected chi connectivity index (χ3v) is 4.87. The largest absolute Gasteiger partial charge is 0.341 e. The van der Waals surface area contributed by atoms with Gasteiger partial charge in [-0.2, -0.15) is 0 Å². The molecule has 2 rings (SSSR count). The Balaban J connectivity index is 0.00000200. The van der Waals surface area contributed by atoms with Gasteiger partial charge in [-0.25, -0.2) is 0 Å². The van der Waals surface area contributed by atoms with Crippen LogP contribution in [-0.2, 0) is 4.79 Å². The summed E-state index contributed by atoms with van der Waals surface area (Å²) in [7, 11) is 0. The van der Waals surface area contributed by atoms with Crippen LogP contribution in [0, 0.1) is 5.92 Å². The molecule has 2 aliphatic rings. The van der Waals surface area contributed by atoms with Crippen LogP contribution in [0.25, 0.3) is 0 Å². The first-order valence-electron chi connectivity index (χ1n) is 7.94. The number of carbonyl (C=O) groups is 1. The van der Waals surface area contributed by atoms with Gasteiger partial charge in [0, 0.05) is 31.1 Å². The SMILES string of the molecule is CCN(CC)C1CCN(C(=O)C2CCCC(N)C2)C1.Cl.Cl. The van der Waals surface area contributed by atoms with Crippen molar-refractivity contribution in [3.63, 3.8) is 0 Å². The highest BCUT2D eigenvalue weighted by Gasteiger charge is 2.34. The van der Waals surface area contributed by atoms with E-state index in [0.29, 0.717) is 11.9 Å². The summed E-state index contributed by atoms with van der Waals surface area (Å²) in [4.78, 5) is 17.1. The number of likely N-dealkylation sites (N-methyl/N-ethyl adjacent to an activating group) is 1. The number of rotatable bonds is 4. The molecule has 4 nitrogen and oxygen atoms in total. The Labute approximate surface area is 141 Å². The van der Waals surface area contributed by atoms with Crippen LogP contribution in [0.2, 0.25) is 0 Å². The molecule has 2 N–H and O–H groups in total. The molecule has 1 saturated carbocycles. The van der Waals surface area contributed by atoms with E-state index in [0.717, 1.165) is 58.3 Å². The Hall–Kier alpha value is -0.0300. The Morgan fingerprint density at radius 2 is 1.86 bits per heavy atom. The zero-order valence-electron chi connectivity index (χ0n) is 13.3. The molecule has 3 atom stereocenters. The molecule has 0 bridgehead atoms. The minimum absolute atomic E-state index is 0. The molecule has 1 aliphatic heterocycles. The number of likely N-dealkylation sites (tertiary alicyclic amines) is 1. The molecule has 126 valence electrons. The molecule has 0 aromatic heterocycles. The topological polar surface area (TPSA) is 49.6 Å². The average molecular weight is 340 g/mol. The first-order valence-corrected chi connectivity index (χ1v) is 7.94. The predicted octanol–water partition coefficient (Wildman–Crippen LogP) is 2.29. The standard InChI is InChI=1S/C15H29N3O.2ClH/c1-3-17(4-2)14-8-9-18(11-14)15(19)12-6-5-7-13(16)10-12;;/h12-14H,3-11,16H2,1-2H3;2*1H. The summed E-state index contributed by atoms with van der Waals surface area (Å²) >= 11 is 0. The van der Waals surface area contributed by atoms with Crippen molar-refractivity contribution >= 4 is 30.7 Å². The Bertz CT molecular complexity index is 313. The van der Waals surface area contributed by atoms with Gasteiger partial charge >= 0.3 is 0 Å².